The molecule has 0 aromatic heterocycles. The number of carbonyl (C=O) groups is 2. The van der Waals surface area contributed by atoms with Gasteiger partial charge in [-0.15, -0.1) is 0 Å². The van der Waals surface area contributed by atoms with Gasteiger partial charge in [0.05, 0.1) is 0 Å². The van der Waals surface area contributed by atoms with Gasteiger partial charge in [0.1, 0.15) is 0 Å². The average Bonchev–Trinajstić information content (AvgIpc) is 2.87. The molecule has 1 aliphatic carbocycles. The molecular weight excluding hydrogens is 464 g/mol. The van der Waals surface area contributed by atoms with E-state index >= 15 is 0 Å². The van der Waals surface area contributed by atoms with Gasteiger partial charge in [-0.1, -0.05) is 135 Å². The zero-order valence-electron chi connectivity index (χ0n) is 25.7. The minimum Gasteiger partial charge on any atom is -0.289 e. The molecule has 1 aliphatic rings. The maximum atomic E-state index is 12.9. The minimum atomic E-state index is -0.00365. The number of hydrogen-bond donors (Lipinski definition) is 0. The van der Waals surface area contributed by atoms with Crippen molar-refractivity contribution in [2.24, 2.45) is 23.7 Å². The van der Waals surface area contributed by atoms with E-state index in [0.717, 1.165) is 30.1 Å². The van der Waals surface area contributed by atoms with E-state index in [0.29, 0.717) is 28.7 Å². The maximum absolute atomic E-state index is 12.9. The summed E-state index contributed by atoms with van der Waals surface area (Å²) in [6, 6.07) is 7.20. The summed E-state index contributed by atoms with van der Waals surface area (Å²) >= 11 is 0. The van der Waals surface area contributed by atoms with E-state index in [1.165, 1.54) is 76.2 Å². The van der Waals surface area contributed by atoms with Gasteiger partial charge >= 0.3 is 0 Å². The summed E-state index contributed by atoms with van der Waals surface area (Å²) in [7, 11) is 0. The van der Waals surface area contributed by atoms with E-state index in [1.807, 2.05) is 12.1 Å². The number of hydrogen-bond acceptors (Lipinski definition) is 2. The number of benzene rings is 1. The lowest BCUT2D eigenvalue weighted by molar-refractivity contribution is 0.0973. The van der Waals surface area contributed by atoms with Gasteiger partial charge in [-0.25, -0.2) is 0 Å². The molecule has 38 heavy (non-hydrogen) atoms. The number of rotatable bonds is 18. The molecule has 0 heterocycles. The third-order valence-corrected chi connectivity index (χ3v) is 8.67. The van der Waals surface area contributed by atoms with E-state index in [2.05, 4.69) is 47.6 Å². The number of carbonyl (C=O) groups excluding carboxylic acids is 2. The summed E-state index contributed by atoms with van der Waals surface area (Å²) in [6.45, 7) is 15.9. The normalized spacial score (nSPS) is 16.7. The van der Waals surface area contributed by atoms with Crippen LogP contribution in [0.3, 0.4) is 0 Å². The summed E-state index contributed by atoms with van der Waals surface area (Å²) in [5.41, 5.74) is 3.69. The Balaban J connectivity index is 1.61. The van der Waals surface area contributed by atoms with Crippen molar-refractivity contribution >= 4 is 11.6 Å². The van der Waals surface area contributed by atoms with Gasteiger partial charge in [0.15, 0.2) is 11.6 Å². The maximum Gasteiger partial charge on any atom is 0.190 e. The highest BCUT2D eigenvalue weighted by molar-refractivity contribution is 6.26. The van der Waals surface area contributed by atoms with Gasteiger partial charge in [-0.05, 0) is 56.8 Å². The molecule has 0 amide bonds. The Morgan fingerprint density at radius 1 is 0.684 bits per heavy atom. The summed E-state index contributed by atoms with van der Waals surface area (Å²) in [5.74, 6) is 3.38. The van der Waals surface area contributed by atoms with Gasteiger partial charge in [0.2, 0.25) is 0 Å². The van der Waals surface area contributed by atoms with Gasteiger partial charge in [-0.2, -0.15) is 0 Å². The van der Waals surface area contributed by atoms with Crippen molar-refractivity contribution in [2.75, 3.05) is 0 Å². The van der Waals surface area contributed by atoms with Crippen LogP contribution in [0.1, 0.15) is 153 Å². The molecule has 2 rings (SSSR count). The van der Waals surface area contributed by atoms with Crippen LogP contribution in [-0.4, -0.2) is 11.6 Å². The number of Topliss-reactive ketones (excluding diaryl/α,β-unsaturated/α-hetero) is 2. The average molecular weight is 521 g/mol. The molecule has 0 N–H and O–H groups in total. The summed E-state index contributed by atoms with van der Waals surface area (Å²) in [6.07, 6.45) is 18.7. The fourth-order valence-electron chi connectivity index (χ4n) is 5.84. The second-order valence-corrected chi connectivity index (χ2v) is 13.0. The van der Waals surface area contributed by atoms with Crippen molar-refractivity contribution in [3.63, 3.8) is 0 Å². The highest BCUT2D eigenvalue weighted by Crippen LogP contribution is 2.29. The smallest absolute Gasteiger partial charge is 0.190 e. The van der Waals surface area contributed by atoms with E-state index in [9.17, 15) is 9.59 Å². The standard InChI is InChI=1S/C36H56O2/c1-26(2)14-10-15-27(3)16-11-17-28(4)18-12-19-29(5)20-13-21-30(6)24-25-32-31(7)35(37)33-22-8-9-23-34(33)36(32)38/h8-9,22-24,26-29H,10-21,25H2,1-7H3/b30-24+/t27-,28-,29-/m1/s1. The van der Waals surface area contributed by atoms with Crippen molar-refractivity contribution in [3.05, 3.63) is 58.2 Å². The molecule has 0 fully saturated rings. The first-order valence-electron chi connectivity index (χ1n) is 15.6. The molecule has 0 saturated carbocycles. The van der Waals surface area contributed by atoms with E-state index in [1.54, 1.807) is 19.1 Å². The van der Waals surface area contributed by atoms with Crippen LogP contribution in [0.4, 0.5) is 0 Å². The van der Waals surface area contributed by atoms with Crippen LogP contribution in [0.5, 0.6) is 0 Å². The molecule has 0 unspecified atom stereocenters. The van der Waals surface area contributed by atoms with Crippen LogP contribution < -0.4 is 0 Å². The fourth-order valence-corrected chi connectivity index (χ4v) is 5.84. The highest BCUT2D eigenvalue weighted by Gasteiger charge is 2.28. The molecule has 0 aliphatic heterocycles. The predicted octanol–water partition coefficient (Wildman–Crippen LogP) is 11.0. The molecule has 1 aromatic carbocycles. The molecule has 0 bridgehead atoms. The lowest BCUT2D eigenvalue weighted by Crippen LogP contribution is -2.20. The molecule has 0 radical (unpaired) electrons. The largest absolute Gasteiger partial charge is 0.289 e. The summed E-state index contributed by atoms with van der Waals surface area (Å²) < 4.78 is 0. The zero-order valence-corrected chi connectivity index (χ0v) is 25.7. The summed E-state index contributed by atoms with van der Waals surface area (Å²) in [5, 5.41) is 0. The third kappa shape index (κ3) is 11.0. The Hall–Kier alpha value is -1.96. The van der Waals surface area contributed by atoms with Crippen molar-refractivity contribution in [1.29, 1.82) is 0 Å². The SMILES string of the molecule is CC1=C(C/C=C(\C)CCC[C@H](C)CCC[C@H](C)CCC[C@H](C)CCCC(C)C)C(=O)c2ccccc2C1=O. The molecule has 2 nitrogen and oxygen atoms in total. The topological polar surface area (TPSA) is 34.1 Å². The number of ketones is 2. The first-order chi connectivity index (χ1) is 18.1. The molecular formula is C36H56O2. The fraction of sp³-hybridized carbons (Fsp3) is 0.667. The minimum absolute atomic E-state index is 0.00365. The van der Waals surface area contributed by atoms with Crippen LogP contribution in [0.15, 0.2) is 47.1 Å². The van der Waals surface area contributed by atoms with Gasteiger partial charge in [0, 0.05) is 22.3 Å². The molecule has 0 spiro atoms. The monoisotopic (exact) mass is 520 g/mol. The third-order valence-electron chi connectivity index (χ3n) is 8.67. The number of allylic oxidation sites excluding steroid dienone is 4. The second kappa shape index (κ2) is 16.9. The van der Waals surface area contributed by atoms with Gasteiger partial charge in [-0.3, -0.25) is 9.59 Å². The summed E-state index contributed by atoms with van der Waals surface area (Å²) in [4.78, 5) is 25.6. The Morgan fingerprint density at radius 2 is 1.13 bits per heavy atom. The molecule has 1 aromatic rings. The lowest BCUT2D eigenvalue weighted by atomic mass is 9.83. The van der Waals surface area contributed by atoms with Crippen LogP contribution in [0.25, 0.3) is 0 Å². The first-order valence-corrected chi connectivity index (χ1v) is 15.6. The Kier molecular flexibility index (Phi) is 14.3. The Bertz CT molecular complexity index is 948. The zero-order chi connectivity index (χ0) is 28.1. The van der Waals surface area contributed by atoms with Crippen molar-refractivity contribution in [1.82, 2.24) is 0 Å². The van der Waals surface area contributed by atoms with Crippen LogP contribution in [0, 0.1) is 23.7 Å². The van der Waals surface area contributed by atoms with Crippen molar-refractivity contribution in [2.45, 2.75) is 132 Å². The Morgan fingerprint density at radius 3 is 1.63 bits per heavy atom. The van der Waals surface area contributed by atoms with Crippen LogP contribution in [-0.2, 0) is 0 Å². The van der Waals surface area contributed by atoms with Gasteiger partial charge in [0.25, 0.3) is 0 Å². The van der Waals surface area contributed by atoms with Gasteiger partial charge < -0.3 is 0 Å². The first kappa shape index (κ1) is 32.3. The Labute approximate surface area is 234 Å². The molecule has 3 atom stereocenters. The number of fused-ring (bicyclic) bond motifs is 1. The van der Waals surface area contributed by atoms with E-state index in [4.69, 9.17) is 0 Å². The molecule has 0 saturated heterocycles. The van der Waals surface area contributed by atoms with E-state index in [-0.39, 0.29) is 11.6 Å². The van der Waals surface area contributed by atoms with Crippen molar-refractivity contribution < 1.29 is 9.59 Å². The van der Waals surface area contributed by atoms with Crippen LogP contribution in [0.2, 0.25) is 0 Å². The molecule has 2 heteroatoms. The second-order valence-electron chi connectivity index (χ2n) is 13.0. The van der Waals surface area contributed by atoms with E-state index < -0.39 is 0 Å². The molecule has 212 valence electrons. The highest BCUT2D eigenvalue weighted by atomic mass is 16.1. The van der Waals surface area contributed by atoms with Crippen molar-refractivity contribution in [3.8, 4) is 0 Å². The van der Waals surface area contributed by atoms with Crippen LogP contribution >= 0.6 is 0 Å². The quantitative estimate of drug-likeness (QED) is 0.180. The predicted molar refractivity (Wildman–Crippen MR) is 164 cm³/mol. The lowest BCUT2D eigenvalue weighted by Gasteiger charge is -2.18.